The predicted octanol–water partition coefficient (Wildman–Crippen LogP) is 3.35. The van der Waals surface area contributed by atoms with Gasteiger partial charge in [-0.05, 0) is 31.7 Å². The van der Waals surface area contributed by atoms with Crippen LogP contribution in [0.3, 0.4) is 0 Å². The number of rotatable bonds is 3. The van der Waals surface area contributed by atoms with Crippen molar-refractivity contribution in [3.05, 3.63) is 0 Å². The molecule has 0 aliphatic heterocycles. The van der Waals surface area contributed by atoms with Crippen LogP contribution in [0.25, 0.3) is 0 Å². The van der Waals surface area contributed by atoms with Gasteiger partial charge in [0.25, 0.3) is 0 Å². The highest BCUT2D eigenvalue weighted by molar-refractivity contribution is 4.81. The van der Waals surface area contributed by atoms with Crippen LogP contribution >= 0.6 is 0 Å². The monoisotopic (exact) mass is 223 g/mol. The summed E-state index contributed by atoms with van der Waals surface area (Å²) in [5.41, 5.74) is 0. The molecule has 0 heterocycles. The molecule has 1 rings (SSSR count). The first kappa shape index (κ1) is 12.8. The Balaban J connectivity index is 2.36. The molecule has 0 radical (unpaired) electrons. The Bertz CT molecular complexity index is 189. The standard InChI is InChI=1S/C11H20F3N/c1-8(2)7-15-10-5-3-4-9(6-10)11(12,13)14/h8-10,15H,3-7H2,1-2H3. The van der Waals surface area contributed by atoms with E-state index in [1.807, 2.05) is 0 Å². The highest BCUT2D eigenvalue weighted by Crippen LogP contribution is 2.37. The van der Waals surface area contributed by atoms with E-state index >= 15 is 0 Å². The van der Waals surface area contributed by atoms with Crippen LogP contribution in [0.5, 0.6) is 0 Å². The van der Waals surface area contributed by atoms with E-state index in [0.29, 0.717) is 18.8 Å². The second-order valence-corrected chi connectivity index (χ2v) is 4.90. The van der Waals surface area contributed by atoms with E-state index in [4.69, 9.17) is 0 Å². The zero-order chi connectivity index (χ0) is 11.5. The van der Waals surface area contributed by atoms with Gasteiger partial charge in [0.05, 0.1) is 5.92 Å². The zero-order valence-electron chi connectivity index (χ0n) is 9.40. The zero-order valence-corrected chi connectivity index (χ0v) is 9.40. The van der Waals surface area contributed by atoms with Gasteiger partial charge in [0, 0.05) is 6.04 Å². The molecule has 2 atom stereocenters. The molecule has 0 aromatic heterocycles. The van der Waals surface area contributed by atoms with Crippen LogP contribution in [0.15, 0.2) is 0 Å². The van der Waals surface area contributed by atoms with E-state index < -0.39 is 12.1 Å². The van der Waals surface area contributed by atoms with Gasteiger partial charge in [0.15, 0.2) is 0 Å². The van der Waals surface area contributed by atoms with Gasteiger partial charge in [-0.1, -0.05) is 20.3 Å². The molecule has 2 unspecified atom stereocenters. The van der Waals surface area contributed by atoms with E-state index in [1.165, 1.54) is 0 Å². The Labute approximate surface area is 89.4 Å². The van der Waals surface area contributed by atoms with Gasteiger partial charge in [-0.25, -0.2) is 0 Å². The van der Waals surface area contributed by atoms with Crippen LogP contribution in [0.4, 0.5) is 13.2 Å². The Morgan fingerprint density at radius 1 is 1.27 bits per heavy atom. The van der Waals surface area contributed by atoms with E-state index in [9.17, 15) is 13.2 Å². The molecular weight excluding hydrogens is 203 g/mol. The molecule has 0 amide bonds. The van der Waals surface area contributed by atoms with Gasteiger partial charge in [-0.3, -0.25) is 0 Å². The van der Waals surface area contributed by atoms with Crippen molar-refractivity contribution >= 4 is 0 Å². The van der Waals surface area contributed by atoms with Crippen LogP contribution in [-0.4, -0.2) is 18.8 Å². The molecule has 4 heteroatoms. The predicted molar refractivity (Wildman–Crippen MR) is 54.6 cm³/mol. The lowest BCUT2D eigenvalue weighted by atomic mass is 9.85. The molecular formula is C11H20F3N. The smallest absolute Gasteiger partial charge is 0.314 e. The highest BCUT2D eigenvalue weighted by atomic mass is 19.4. The molecule has 1 aliphatic rings. The number of halogens is 3. The van der Waals surface area contributed by atoms with Crippen LogP contribution < -0.4 is 5.32 Å². The summed E-state index contributed by atoms with van der Waals surface area (Å²) in [4.78, 5) is 0. The fraction of sp³-hybridized carbons (Fsp3) is 1.00. The van der Waals surface area contributed by atoms with Gasteiger partial charge < -0.3 is 5.32 Å². The Morgan fingerprint density at radius 3 is 2.47 bits per heavy atom. The minimum Gasteiger partial charge on any atom is -0.314 e. The fourth-order valence-corrected chi connectivity index (χ4v) is 2.07. The minimum atomic E-state index is -4.00. The number of alkyl halides is 3. The fourth-order valence-electron chi connectivity index (χ4n) is 2.07. The van der Waals surface area contributed by atoms with Crippen LogP contribution in [-0.2, 0) is 0 Å². The maximum Gasteiger partial charge on any atom is 0.391 e. The third-order valence-corrected chi connectivity index (χ3v) is 2.95. The highest BCUT2D eigenvalue weighted by Gasteiger charge is 2.41. The summed E-state index contributed by atoms with van der Waals surface area (Å²) in [5.74, 6) is -0.591. The Morgan fingerprint density at radius 2 is 1.93 bits per heavy atom. The van der Waals surface area contributed by atoms with Gasteiger partial charge in [0.1, 0.15) is 0 Å². The van der Waals surface area contributed by atoms with Crippen molar-refractivity contribution in [2.75, 3.05) is 6.54 Å². The van der Waals surface area contributed by atoms with Gasteiger partial charge in [-0.15, -0.1) is 0 Å². The van der Waals surface area contributed by atoms with Crippen LogP contribution in [0.2, 0.25) is 0 Å². The Hall–Kier alpha value is -0.250. The van der Waals surface area contributed by atoms with Crippen LogP contribution in [0, 0.1) is 11.8 Å². The first-order chi connectivity index (χ1) is 6.89. The van der Waals surface area contributed by atoms with Crippen molar-refractivity contribution in [3.63, 3.8) is 0 Å². The third kappa shape index (κ3) is 4.41. The third-order valence-electron chi connectivity index (χ3n) is 2.95. The maximum absolute atomic E-state index is 12.5. The number of hydrogen-bond acceptors (Lipinski definition) is 1. The molecule has 0 spiro atoms. The first-order valence-corrected chi connectivity index (χ1v) is 5.69. The first-order valence-electron chi connectivity index (χ1n) is 5.69. The summed E-state index contributed by atoms with van der Waals surface area (Å²) in [5, 5.41) is 3.22. The number of nitrogens with one attached hydrogen (secondary N) is 1. The second kappa shape index (κ2) is 5.19. The lowest BCUT2D eigenvalue weighted by molar-refractivity contribution is -0.183. The van der Waals surface area contributed by atoms with Crippen molar-refractivity contribution < 1.29 is 13.2 Å². The SMILES string of the molecule is CC(C)CNC1CCCC(C(F)(F)F)C1. The normalized spacial score (nSPS) is 28.4. The van der Waals surface area contributed by atoms with Crippen molar-refractivity contribution in [3.8, 4) is 0 Å². The summed E-state index contributed by atoms with van der Waals surface area (Å²) >= 11 is 0. The lowest BCUT2D eigenvalue weighted by Crippen LogP contribution is -2.40. The quantitative estimate of drug-likeness (QED) is 0.773. The molecule has 1 nitrogen and oxygen atoms in total. The second-order valence-electron chi connectivity index (χ2n) is 4.90. The molecule has 1 saturated carbocycles. The average molecular weight is 223 g/mol. The van der Waals surface area contributed by atoms with Crippen LogP contribution in [0.1, 0.15) is 39.5 Å². The molecule has 1 fully saturated rings. The summed E-state index contributed by atoms with van der Waals surface area (Å²) in [6.07, 6.45) is -1.85. The molecule has 0 aromatic carbocycles. The molecule has 0 bridgehead atoms. The molecule has 0 aromatic rings. The summed E-state index contributed by atoms with van der Waals surface area (Å²) < 4.78 is 37.5. The number of hydrogen-bond donors (Lipinski definition) is 1. The lowest BCUT2D eigenvalue weighted by Gasteiger charge is -2.31. The van der Waals surface area contributed by atoms with E-state index in [0.717, 1.165) is 13.0 Å². The Kier molecular flexibility index (Phi) is 4.44. The van der Waals surface area contributed by atoms with Gasteiger partial charge >= 0.3 is 6.18 Å². The summed E-state index contributed by atoms with van der Waals surface area (Å²) in [6.45, 7) is 4.95. The topological polar surface area (TPSA) is 12.0 Å². The van der Waals surface area contributed by atoms with E-state index in [1.54, 1.807) is 0 Å². The van der Waals surface area contributed by atoms with Gasteiger partial charge in [0.2, 0.25) is 0 Å². The van der Waals surface area contributed by atoms with Crippen molar-refractivity contribution in [1.82, 2.24) is 5.32 Å². The van der Waals surface area contributed by atoms with Gasteiger partial charge in [-0.2, -0.15) is 13.2 Å². The average Bonchev–Trinajstić information content (AvgIpc) is 2.14. The summed E-state index contributed by atoms with van der Waals surface area (Å²) in [7, 11) is 0. The summed E-state index contributed by atoms with van der Waals surface area (Å²) in [6, 6.07) is 0.0628. The molecule has 1 aliphatic carbocycles. The molecule has 90 valence electrons. The van der Waals surface area contributed by atoms with E-state index in [-0.39, 0.29) is 12.5 Å². The van der Waals surface area contributed by atoms with Crippen molar-refractivity contribution in [2.45, 2.75) is 51.7 Å². The largest absolute Gasteiger partial charge is 0.391 e. The molecule has 15 heavy (non-hydrogen) atoms. The van der Waals surface area contributed by atoms with Crippen molar-refractivity contribution in [2.24, 2.45) is 11.8 Å². The minimum absolute atomic E-state index is 0.0628. The molecule has 1 N–H and O–H groups in total. The maximum atomic E-state index is 12.5. The van der Waals surface area contributed by atoms with Crippen molar-refractivity contribution in [1.29, 1.82) is 0 Å². The molecule has 0 saturated heterocycles. The van der Waals surface area contributed by atoms with E-state index in [2.05, 4.69) is 19.2 Å².